The maximum atomic E-state index is 11.8. The van der Waals surface area contributed by atoms with Crippen LogP contribution in [0.25, 0.3) is 0 Å². The third kappa shape index (κ3) is 2.96. The van der Waals surface area contributed by atoms with Crippen molar-refractivity contribution in [1.29, 1.82) is 0 Å². The maximum Gasteiger partial charge on any atom is 0.287 e. The summed E-state index contributed by atoms with van der Waals surface area (Å²) in [6.45, 7) is 1.95. The number of nitrogens with one attached hydrogen (secondary N) is 1. The summed E-state index contributed by atoms with van der Waals surface area (Å²) in [4.78, 5) is 13.0. The Morgan fingerprint density at radius 2 is 2.00 bits per heavy atom. The van der Waals surface area contributed by atoms with Gasteiger partial charge in [0.1, 0.15) is 0 Å². The fourth-order valence-corrected chi connectivity index (χ4v) is 2.06. The van der Waals surface area contributed by atoms with Crippen molar-refractivity contribution in [3.05, 3.63) is 54.0 Å². The van der Waals surface area contributed by atoms with Crippen LogP contribution in [0.4, 0.5) is 0 Å². The Bertz CT molecular complexity index is 505. The van der Waals surface area contributed by atoms with Gasteiger partial charge in [0.05, 0.1) is 12.3 Å². The molecule has 0 aliphatic carbocycles. The van der Waals surface area contributed by atoms with Gasteiger partial charge in [0.25, 0.3) is 5.91 Å². The van der Waals surface area contributed by atoms with E-state index in [2.05, 4.69) is 17.4 Å². The zero-order chi connectivity index (χ0) is 13.0. The van der Waals surface area contributed by atoms with Gasteiger partial charge >= 0.3 is 0 Å². The van der Waals surface area contributed by atoms with E-state index in [1.54, 1.807) is 23.9 Å². The van der Waals surface area contributed by atoms with Crippen molar-refractivity contribution in [2.24, 2.45) is 0 Å². The second-order valence-electron chi connectivity index (χ2n) is 3.95. The Labute approximate surface area is 111 Å². The molecule has 1 aromatic carbocycles. The van der Waals surface area contributed by atoms with Crippen molar-refractivity contribution in [2.75, 3.05) is 6.26 Å². The summed E-state index contributed by atoms with van der Waals surface area (Å²) in [6.07, 6.45) is 3.53. The molecule has 2 aromatic rings. The van der Waals surface area contributed by atoms with Crippen molar-refractivity contribution >= 4 is 17.7 Å². The molecule has 0 saturated carbocycles. The lowest BCUT2D eigenvalue weighted by Gasteiger charge is -2.13. The first-order valence-corrected chi connectivity index (χ1v) is 6.91. The van der Waals surface area contributed by atoms with E-state index in [4.69, 9.17) is 4.42 Å². The van der Waals surface area contributed by atoms with Gasteiger partial charge in [-0.1, -0.05) is 12.1 Å². The van der Waals surface area contributed by atoms with Crippen LogP contribution >= 0.6 is 11.8 Å². The monoisotopic (exact) mass is 261 g/mol. The van der Waals surface area contributed by atoms with Crippen molar-refractivity contribution in [1.82, 2.24) is 5.32 Å². The van der Waals surface area contributed by atoms with Gasteiger partial charge in [0.2, 0.25) is 0 Å². The van der Waals surface area contributed by atoms with Crippen LogP contribution in [0.5, 0.6) is 0 Å². The Morgan fingerprint density at radius 3 is 2.56 bits per heavy atom. The second-order valence-corrected chi connectivity index (χ2v) is 4.83. The standard InChI is InChI=1S/C14H15NO2S/c1-10(11-5-7-12(18-2)8-6-11)15-14(16)13-4-3-9-17-13/h3-10H,1-2H3,(H,15,16). The quantitative estimate of drug-likeness (QED) is 0.857. The average Bonchev–Trinajstić information content (AvgIpc) is 2.92. The normalized spacial score (nSPS) is 12.1. The summed E-state index contributed by atoms with van der Waals surface area (Å²) in [7, 11) is 0. The number of benzene rings is 1. The lowest BCUT2D eigenvalue weighted by molar-refractivity contribution is 0.0912. The van der Waals surface area contributed by atoms with Gasteiger partial charge < -0.3 is 9.73 Å². The van der Waals surface area contributed by atoms with Crippen molar-refractivity contribution in [2.45, 2.75) is 17.9 Å². The number of amides is 1. The molecule has 1 aromatic heterocycles. The van der Waals surface area contributed by atoms with Crippen LogP contribution in [0.1, 0.15) is 29.1 Å². The molecule has 0 radical (unpaired) electrons. The van der Waals surface area contributed by atoms with Gasteiger partial charge in [-0.15, -0.1) is 11.8 Å². The van der Waals surface area contributed by atoms with Gasteiger partial charge in [-0.3, -0.25) is 4.79 Å². The SMILES string of the molecule is CSc1ccc(C(C)NC(=O)c2ccco2)cc1. The summed E-state index contributed by atoms with van der Waals surface area (Å²) in [5.41, 5.74) is 1.08. The molecule has 1 amide bonds. The molecule has 1 N–H and O–H groups in total. The highest BCUT2D eigenvalue weighted by atomic mass is 32.2. The number of furan rings is 1. The van der Waals surface area contributed by atoms with Crippen molar-refractivity contribution < 1.29 is 9.21 Å². The molecule has 0 spiro atoms. The summed E-state index contributed by atoms with van der Waals surface area (Å²) in [5.74, 6) is 0.143. The van der Waals surface area contributed by atoms with E-state index in [1.807, 2.05) is 25.3 Å². The van der Waals surface area contributed by atoms with E-state index < -0.39 is 0 Å². The van der Waals surface area contributed by atoms with E-state index in [-0.39, 0.29) is 11.9 Å². The highest BCUT2D eigenvalue weighted by Gasteiger charge is 2.13. The molecular weight excluding hydrogens is 246 g/mol. The third-order valence-corrected chi connectivity index (χ3v) is 3.45. The summed E-state index contributed by atoms with van der Waals surface area (Å²) in [6, 6.07) is 11.5. The van der Waals surface area contributed by atoms with E-state index in [1.165, 1.54) is 11.2 Å². The van der Waals surface area contributed by atoms with E-state index in [0.717, 1.165) is 5.56 Å². The fraction of sp³-hybridized carbons (Fsp3) is 0.214. The zero-order valence-corrected chi connectivity index (χ0v) is 11.2. The number of thioether (sulfide) groups is 1. The van der Waals surface area contributed by atoms with Crippen molar-refractivity contribution in [3.8, 4) is 0 Å². The summed E-state index contributed by atoms with van der Waals surface area (Å²) >= 11 is 1.70. The highest BCUT2D eigenvalue weighted by Crippen LogP contribution is 2.19. The molecule has 1 atom stereocenters. The topological polar surface area (TPSA) is 42.2 Å². The molecular formula is C14H15NO2S. The third-order valence-electron chi connectivity index (χ3n) is 2.71. The molecule has 94 valence electrons. The van der Waals surface area contributed by atoms with Gasteiger partial charge in [-0.2, -0.15) is 0 Å². The molecule has 0 fully saturated rings. The van der Waals surface area contributed by atoms with Crippen LogP contribution < -0.4 is 5.32 Å². The molecule has 4 heteroatoms. The molecule has 0 aliphatic heterocycles. The zero-order valence-electron chi connectivity index (χ0n) is 10.3. The number of hydrogen-bond donors (Lipinski definition) is 1. The largest absolute Gasteiger partial charge is 0.459 e. The first kappa shape index (κ1) is 12.8. The molecule has 1 heterocycles. The van der Waals surface area contributed by atoms with Crippen LogP contribution in [0.15, 0.2) is 52.0 Å². The number of hydrogen-bond acceptors (Lipinski definition) is 3. The van der Waals surface area contributed by atoms with Gasteiger partial charge in [0, 0.05) is 4.90 Å². The molecule has 2 rings (SSSR count). The van der Waals surface area contributed by atoms with E-state index >= 15 is 0 Å². The molecule has 0 aliphatic rings. The predicted octanol–water partition coefficient (Wildman–Crippen LogP) is 3.49. The minimum Gasteiger partial charge on any atom is -0.459 e. The summed E-state index contributed by atoms with van der Waals surface area (Å²) < 4.78 is 5.05. The maximum absolute atomic E-state index is 11.8. The van der Waals surface area contributed by atoms with E-state index in [9.17, 15) is 4.79 Å². The van der Waals surface area contributed by atoms with Gasteiger partial charge in [0.15, 0.2) is 5.76 Å². The Kier molecular flexibility index (Phi) is 4.10. The summed E-state index contributed by atoms with van der Waals surface area (Å²) in [5, 5.41) is 2.90. The number of rotatable bonds is 4. The Morgan fingerprint density at radius 1 is 1.28 bits per heavy atom. The Balaban J connectivity index is 2.02. The van der Waals surface area contributed by atoms with Gasteiger partial charge in [-0.05, 0) is 43.0 Å². The predicted molar refractivity (Wildman–Crippen MR) is 72.8 cm³/mol. The number of carbonyl (C=O) groups is 1. The lowest BCUT2D eigenvalue weighted by Crippen LogP contribution is -2.26. The molecule has 0 saturated heterocycles. The van der Waals surface area contributed by atoms with Crippen LogP contribution in [-0.4, -0.2) is 12.2 Å². The molecule has 0 bridgehead atoms. The van der Waals surface area contributed by atoms with Crippen LogP contribution in [0, 0.1) is 0 Å². The number of carbonyl (C=O) groups excluding carboxylic acids is 1. The minimum absolute atomic E-state index is 0.0430. The lowest BCUT2D eigenvalue weighted by atomic mass is 10.1. The van der Waals surface area contributed by atoms with Crippen LogP contribution in [0.3, 0.4) is 0 Å². The second kappa shape index (κ2) is 5.78. The molecule has 1 unspecified atom stereocenters. The first-order valence-electron chi connectivity index (χ1n) is 5.69. The molecule has 3 nitrogen and oxygen atoms in total. The van der Waals surface area contributed by atoms with E-state index in [0.29, 0.717) is 5.76 Å². The first-order chi connectivity index (χ1) is 8.70. The average molecular weight is 261 g/mol. The molecule has 18 heavy (non-hydrogen) atoms. The fourth-order valence-electron chi connectivity index (χ4n) is 1.65. The Hall–Kier alpha value is -1.68. The highest BCUT2D eigenvalue weighted by molar-refractivity contribution is 7.98. The smallest absolute Gasteiger partial charge is 0.287 e. The minimum atomic E-state index is -0.193. The van der Waals surface area contributed by atoms with Gasteiger partial charge in [-0.25, -0.2) is 0 Å². The van der Waals surface area contributed by atoms with Crippen LogP contribution in [-0.2, 0) is 0 Å². The van der Waals surface area contributed by atoms with Crippen LogP contribution in [0.2, 0.25) is 0 Å². The van der Waals surface area contributed by atoms with Crippen molar-refractivity contribution in [3.63, 3.8) is 0 Å².